The van der Waals surface area contributed by atoms with E-state index in [1.54, 1.807) is 18.2 Å². The zero-order valence-electron chi connectivity index (χ0n) is 9.66. The molecule has 0 radical (unpaired) electrons. The van der Waals surface area contributed by atoms with Crippen molar-refractivity contribution in [2.24, 2.45) is 0 Å². The van der Waals surface area contributed by atoms with Crippen LogP contribution in [-0.4, -0.2) is 22.1 Å². The van der Waals surface area contributed by atoms with Gasteiger partial charge >= 0.3 is 0 Å². The lowest BCUT2D eigenvalue weighted by atomic mass is 10.1. The van der Waals surface area contributed by atoms with Crippen molar-refractivity contribution in [1.82, 2.24) is 0 Å². The highest BCUT2D eigenvalue weighted by molar-refractivity contribution is 8.13. The topological polar surface area (TPSA) is 77.3 Å². The summed E-state index contributed by atoms with van der Waals surface area (Å²) in [4.78, 5) is 31.5. The zero-order chi connectivity index (χ0) is 13.5. The highest BCUT2D eigenvalue weighted by Gasteiger charge is 2.07. The lowest BCUT2D eigenvalue weighted by molar-refractivity contribution is -0.384. The lowest BCUT2D eigenvalue weighted by Gasteiger charge is -1.97. The Kier molecular flexibility index (Phi) is 5.26. The molecule has 0 saturated carbocycles. The van der Waals surface area contributed by atoms with Gasteiger partial charge in [-0.1, -0.05) is 23.9 Å². The summed E-state index contributed by atoms with van der Waals surface area (Å²) in [6.45, 7) is 1.47. The molecule has 5 nitrogen and oxygen atoms in total. The first-order valence-electron chi connectivity index (χ1n) is 5.07. The van der Waals surface area contributed by atoms with E-state index in [1.807, 2.05) is 0 Å². The van der Waals surface area contributed by atoms with Crippen LogP contribution in [0.5, 0.6) is 0 Å². The molecule has 1 aromatic rings. The van der Waals surface area contributed by atoms with Crippen LogP contribution in [-0.2, 0) is 4.79 Å². The van der Waals surface area contributed by atoms with Gasteiger partial charge in [0, 0.05) is 30.4 Å². The van der Waals surface area contributed by atoms with Gasteiger partial charge in [-0.05, 0) is 11.6 Å². The van der Waals surface area contributed by atoms with Crippen molar-refractivity contribution in [3.63, 3.8) is 0 Å². The number of nitro groups is 1. The summed E-state index contributed by atoms with van der Waals surface area (Å²) in [6.07, 6.45) is 3.93. The Balaban J connectivity index is 2.87. The van der Waals surface area contributed by atoms with Gasteiger partial charge in [0.25, 0.3) is 5.69 Å². The first kappa shape index (κ1) is 14.1. The van der Waals surface area contributed by atoms with Gasteiger partial charge in [-0.25, -0.2) is 0 Å². The number of benzene rings is 1. The predicted octanol–water partition coefficient (Wildman–Crippen LogP) is 2.70. The summed E-state index contributed by atoms with van der Waals surface area (Å²) in [6, 6.07) is 4.14. The predicted molar refractivity (Wildman–Crippen MR) is 70.7 cm³/mol. The van der Waals surface area contributed by atoms with Crippen molar-refractivity contribution in [1.29, 1.82) is 0 Å². The Hall–Kier alpha value is -1.95. The van der Waals surface area contributed by atoms with Gasteiger partial charge in [-0.3, -0.25) is 19.7 Å². The standard InChI is InChI=1S/C12H11NO4S/c1-9(15)18-4-2-3-10-5-11(8-14)7-12(6-10)13(16)17/h2-3,5-8H,4H2,1H3. The van der Waals surface area contributed by atoms with Crippen LogP contribution in [0.2, 0.25) is 0 Å². The molecule has 0 amide bonds. The van der Waals surface area contributed by atoms with E-state index in [9.17, 15) is 19.7 Å². The van der Waals surface area contributed by atoms with Crippen molar-refractivity contribution in [2.75, 3.05) is 5.75 Å². The first-order chi connectivity index (χ1) is 8.52. The third-order valence-corrected chi connectivity index (χ3v) is 2.77. The van der Waals surface area contributed by atoms with E-state index >= 15 is 0 Å². The van der Waals surface area contributed by atoms with Crippen LogP contribution >= 0.6 is 11.8 Å². The number of nitro benzene ring substituents is 1. The minimum Gasteiger partial charge on any atom is -0.298 e. The van der Waals surface area contributed by atoms with E-state index in [4.69, 9.17) is 0 Å². The average Bonchev–Trinajstić information content (AvgIpc) is 2.34. The van der Waals surface area contributed by atoms with E-state index in [0.717, 1.165) is 11.8 Å². The van der Waals surface area contributed by atoms with Crippen molar-refractivity contribution in [3.05, 3.63) is 45.5 Å². The fraction of sp³-hybridized carbons (Fsp3) is 0.167. The molecule has 0 aliphatic carbocycles. The minimum absolute atomic E-state index is 0.00673. The van der Waals surface area contributed by atoms with Gasteiger partial charge < -0.3 is 0 Å². The second-order valence-electron chi connectivity index (χ2n) is 3.44. The molecule has 1 aromatic carbocycles. The fourth-order valence-corrected chi connectivity index (χ4v) is 1.71. The van der Waals surface area contributed by atoms with Gasteiger partial charge in [0.15, 0.2) is 5.12 Å². The number of nitrogens with zero attached hydrogens (tertiary/aromatic N) is 1. The van der Waals surface area contributed by atoms with Crippen LogP contribution in [0.4, 0.5) is 5.69 Å². The first-order valence-corrected chi connectivity index (χ1v) is 6.06. The summed E-state index contributed by atoms with van der Waals surface area (Å²) < 4.78 is 0. The van der Waals surface area contributed by atoms with Gasteiger partial charge in [0.2, 0.25) is 0 Å². The average molecular weight is 265 g/mol. The third kappa shape index (κ3) is 4.50. The summed E-state index contributed by atoms with van der Waals surface area (Å²) >= 11 is 1.14. The van der Waals surface area contributed by atoms with Crippen molar-refractivity contribution >= 4 is 34.9 Å². The summed E-state index contributed by atoms with van der Waals surface area (Å²) in [5.41, 5.74) is 0.692. The van der Waals surface area contributed by atoms with Gasteiger partial charge in [-0.2, -0.15) is 0 Å². The van der Waals surface area contributed by atoms with Crippen LogP contribution in [0, 0.1) is 10.1 Å². The molecule has 0 atom stereocenters. The van der Waals surface area contributed by atoms with E-state index < -0.39 is 4.92 Å². The number of carbonyl (C=O) groups is 2. The normalized spacial score (nSPS) is 10.5. The Morgan fingerprint density at radius 2 is 2.06 bits per heavy atom. The molecule has 0 spiro atoms. The second-order valence-corrected chi connectivity index (χ2v) is 4.63. The Labute approximate surface area is 108 Å². The van der Waals surface area contributed by atoms with Gasteiger partial charge in [0.05, 0.1) is 4.92 Å². The second kappa shape index (κ2) is 6.70. The number of non-ortho nitro benzene ring substituents is 1. The zero-order valence-corrected chi connectivity index (χ0v) is 10.5. The summed E-state index contributed by atoms with van der Waals surface area (Å²) in [7, 11) is 0. The Bertz CT molecular complexity index is 511. The SMILES string of the molecule is CC(=O)SCC=Cc1cc(C=O)cc([N+](=O)[O-])c1. The van der Waals surface area contributed by atoms with E-state index in [2.05, 4.69) is 0 Å². The van der Waals surface area contributed by atoms with Crippen LogP contribution in [0.3, 0.4) is 0 Å². The molecule has 0 fully saturated rings. The van der Waals surface area contributed by atoms with E-state index in [-0.39, 0.29) is 16.4 Å². The largest absolute Gasteiger partial charge is 0.298 e. The molecule has 0 aromatic heterocycles. The molecular formula is C12H11NO4S. The molecule has 94 valence electrons. The molecule has 0 bridgehead atoms. The maximum Gasteiger partial charge on any atom is 0.270 e. The number of hydrogen-bond acceptors (Lipinski definition) is 5. The monoisotopic (exact) mass is 265 g/mol. The maximum absolute atomic E-state index is 10.7. The van der Waals surface area contributed by atoms with Crippen LogP contribution in [0.1, 0.15) is 22.8 Å². The maximum atomic E-state index is 10.7. The molecule has 6 heteroatoms. The van der Waals surface area contributed by atoms with Crippen molar-refractivity contribution in [2.45, 2.75) is 6.92 Å². The summed E-state index contributed by atoms with van der Waals surface area (Å²) in [5.74, 6) is 0.494. The third-order valence-electron chi connectivity index (χ3n) is 2.00. The number of hydrogen-bond donors (Lipinski definition) is 0. The Morgan fingerprint density at radius 3 is 2.61 bits per heavy atom. The van der Waals surface area contributed by atoms with Crippen LogP contribution < -0.4 is 0 Å². The molecule has 0 aliphatic heterocycles. The summed E-state index contributed by atoms with van der Waals surface area (Å²) in [5, 5.41) is 10.7. The molecule has 0 heterocycles. The fourth-order valence-electron chi connectivity index (χ4n) is 1.28. The van der Waals surface area contributed by atoms with Crippen LogP contribution in [0.25, 0.3) is 6.08 Å². The number of rotatable bonds is 5. The minimum atomic E-state index is -0.547. The van der Waals surface area contributed by atoms with Gasteiger partial charge in [-0.15, -0.1) is 0 Å². The molecule has 0 aliphatic rings. The van der Waals surface area contributed by atoms with E-state index in [0.29, 0.717) is 17.6 Å². The van der Waals surface area contributed by atoms with Crippen molar-refractivity contribution in [3.8, 4) is 0 Å². The molecule has 1 rings (SSSR count). The Morgan fingerprint density at radius 1 is 1.39 bits per heavy atom. The van der Waals surface area contributed by atoms with Crippen LogP contribution in [0.15, 0.2) is 24.3 Å². The van der Waals surface area contributed by atoms with E-state index in [1.165, 1.54) is 19.1 Å². The molecule has 18 heavy (non-hydrogen) atoms. The van der Waals surface area contributed by atoms with Gasteiger partial charge in [0.1, 0.15) is 6.29 Å². The molecule has 0 N–H and O–H groups in total. The highest BCUT2D eigenvalue weighted by Crippen LogP contribution is 2.17. The lowest BCUT2D eigenvalue weighted by Crippen LogP contribution is -1.91. The van der Waals surface area contributed by atoms with Crippen molar-refractivity contribution < 1.29 is 14.5 Å². The molecular weight excluding hydrogens is 254 g/mol. The quantitative estimate of drug-likeness (QED) is 0.464. The molecule has 0 saturated heterocycles. The number of carbonyl (C=O) groups excluding carboxylic acids is 2. The molecule has 0 unspecified atom stereocenters. The smallest absolute Gasteiger partial charge is 0.270 e. The highest BCUT2D eigenvalue weighted by atomic mass is 32.2. The number of thioether (sulfide) groups is 1. The number of aldehydes is 1.